The van der Waals surface area contributed by atoms with E-state index < -0.39 is 12.0 Å². The quantitative estimate of drug-likeness (QED) is 0.881. The second kappa shape index (κ2) is 5.48. The number of hydrogen-bond acceptors (Lipinski definition) is 5. The predicted octanol–water partition coefficient (Wildman–Crippen LogP) is 0.747. The van der Waals surface area contributed by atoms with E-state index in [1.54, 1.807) is 23.2 Å². The van der Waals surface area contributed by atoms with Gasteiger partial charge in [0.05, 0.1) is 5.88 Å². The fourth-order valence-corrected chi connectivity index (χ4v) is 2.95. The second-order valence-corrected chi connectivity index (χ2v) is 5.43. The van der Waals surface area contributed by atoms with Crippen molar-refractivity contribution >= 4 is 29.5 Å². The van der Waals surface area contributed by atoms with E-state index in [4.69, 9.17) is 5.11 Å². The number of aliphatic carboxylic acids is 1. The molecule has 1 saturated heterocycles. The Morgan fingerprint density at radius 1 is 1.53 bits per heavy atom. The van der Waals surface area contributed by atoms with Crippen LogP contribution in [0, 0.1) is 0 Å². The minimum absolute atomic E-state index is 0.261. The van der Waals surface area contributed by atoms with E-state index in [2.05, 4.69) is 4.98 Å². The summed E-state index contributed by atoms with van der Waals surface area (Å²) in [6.45, 7) is 0. The molecule has 0 aliphatic carbocycles. The molecule has 2 rings (SSSR count). The van der Waals surface area contributed by atoms with E-state index in [-0.39, 0.29) is 5.91 Å². The largest absolute Gasteiger partial charge is 0.480 e. The van der Waals surface area contributed by atoms with Gasteiger partial charge in [0.15, 0.2) is 0 Å². The summed E-state index contributed by atoms with van der Waals surface area (Å²) in [5.74, 6) is 0.301. The fourth-order valence-electron chi connectivity index (χ4n) is 1.81. The van der Waals surface area contributed by atoms with E-state index in [1.165, 1.54) is 16.7 Å². The zero-order valence-corrected chi connectivity index (χ0v) is 11.6. The number of carboxylic acid groups (broad SMARTS) is 1. The molecular formula is C12H15N3O3S. The highest BCUT2D eigenvalue weighted by molar-refractivity contribution is 7.99. The van der Waals surface area contributed by atoms with Gasteiger partial charge in [0.25, 0.3) is 5.91 Å². The summed E-state index contributed by atoms with van der Waals surface area (Å²) >= 11 is 1.45. The number of nitrogens with zero attached hydrogens (tertiary/aromatic N) is 3. The lowest BCUT2D eigenvalue weighted by molar-refractivity contribution is -0.140. The Kier molecular flexibility index (Phi) is 3.94. The van der Waals surface area contributed by atoms with Gasteiger partial charge in [-0.3, -0.25) is 4.79 Å². The number of anilines is 1. The molecule has 1 atom stereocenters. The Morgan fingerprint density at radius 2 is 2.26 bits per heavy atom. The summed E-state index contributed by atoms with van der Waals surface area (Å²) < 4.78 is 0. The molecule has 0 spiro atoms. The number of hydrogen-bond donors (Lipinski definition) is 1. The number of thioether (sulfide) groups is 1. The number of aromatic nitrogens is 1. The number of pyridine rings is 1. The first-order valence-electron chi connectivity index (χ1n) is 5.75. The standard InChI is InChI=1S/C12H15N3O3S/c1-14(2)10-5-8(3-4-13-10)11(16)15-7-19-6-9(15)12(17)18/h3-5,9H,6-7H2,1-2H3,(H,17,18). The normalized spacial score (nSPS) is 18.4. The van der Waals surface area contributed by atoms with E-state index in [9.17, 15) is 9.59 Å². The smallest absolute Gasteiger partial charge is 0.327 e. The Hall–Kier alpha value is -1.76. The van der Waals surface area contributed by atoms with Crippen molar-refractivity contribution in [1.82, 2.24) is 9.88 Å². The van der Waals surface area contributed by atoms with Crippen LogP contribution in [0.5, 0.6) is 0 Å². The van der Waals surface area contributed by atoms with E-state index >= 15 is 0 Å². The average Bonchev–Trinajstić information content (AvgIpc) is 2.87. The lowest BCUT2D eigenvalue weighted by atomic mass is 10.2. The monoisotopic (exact) mass is 281 g/mol. The van der Waals surface area contributed by atoms with E-state index in [1.807, 2.05) is 14.1 Å². The van der Waals surface area contributed by atoms with Crippen molar-refractivity contribution in [2.45, 2.75) is 6.04 Å². The van der Waals surface area contributed by atoms with Crippen LogP contribution < -0.4 is 4.90 Å². The summed E-state index contributed by atoms with van der Waals surface area (Å²) in [6, 6.07) is 2.54. The number of carbonyl (C=O) groups excluding carboxylic acids is 1. The minimum Gasteiger partial charge on any atom is -0.480 e. The van der Waals surface area contributed by atoms with Crippen LogP contribution >= 0.6 is 11.8 Å². The zero-order valence-electron chi connectivity index (χ0n) is 10.7. The molecule has 7 heteroatoms. The van der Waals surface area contributed by atoms with Crippen molar-refractivity contribution < 1.29 is 14.7 Å². The Bertz CT molecular complexity index is 507. The zero-order chi connectivity index (χ0) is 14.0. The first-order valence-corrected chi connectivity index (χ1v) is 6.91. The third-order valence-electron chi connectivity index (χ3n) is 2.88. The van der Waals surface area contributed by atoms with Crippen molar-refractivity contribution in [3.8, 4) is 0 Å². The summed E-state index contributed by atoms with van der Waals surface area (Å²) in [5, 5.41) is 9.09. The molecule has 19 heavy (non-hydrogen) atoms. The van der Waals surface area contributed by atoms with Crippen molar-refractivity contribution in [2.24, 2.45) is 0 Å². The van der Waals surface area contributed by atoms with Crippen LogP contribution in [0.25, 0.3) is 0 Å². The highest BCUT2D eigenvalue weighted by atomic mass is 32.2. The molecule has 1 N–H and O–H groups in total. The van der Waals surface area contributed by atoms with Crippen molar-refractivity contribution in [2.75, 3.05) is 30.6 Å². The molecule has 1 aliphatic rings. The predicted molar refractivity (Wildman–Crippen MR) is 73.5 cm³/mol. The van der Waals surface area contributed by atoms with Gasteiger partial charge in [0.1, 0.15) is 11.9 Å². The highest BCUT2D eigenvalue weighted by Gasteiger charge is 2.35. The highest BCUT2D eigenvalue weighted by Crippen LogP contribution is 2.24. The molecule has 0 radical (unpaired) electrons. The van der Waals surface area contributed by atoms with Gasteiger partial charge in [-0.05, 0) is 12.1 Å². The van der Waals surface area contributed by atoms with Crippen LogP contribution in [0.15, 0.2) is 18.3 Å². The SMILES string of the molecule is CN(C)c1cc(C(=O)N2CSCC2C(=O)O)ccn1. The van der Waals surface area contributed by atoms with Gasteiger partial charge in [-0.2, -0.15) is 0 Å². The van der Waals surface area contributed by atoms with E-state index in [0.717, 1.165) is 0 Å². The summed E-state index contributed by atoms with van der Waals surface area (Å²) in [4.78, 5) is 30.8. The molecule has 1 amide bonds. The Labute approximate surface area is 115 Å². The number of amides is 1. The summed E-state index contributed by atoms with van der Waals surface area (Å²) in [5.41, 5.74) is 0.465. The van der Waals surface area contributed by atoms with Gasteiger partial charge in [0, 0.05) is 31.6 Å². The second-order valence-electron chi connectivity index (χ2n) is 4.43. The summed E-state index contributed by atoms with van der Waals surface area (Å²) in [6.07, 6.45) is 1.56. The third kappa shape index (κ3) is 2.81. The van der Waals surface area contributed by atoms with Gasteiger partial charge in [-0.1, -0.05) is 0 Å². The molecule has 6 nitrogen and oxygen atoms in total. The lowest BCUT2D eigenvalue weighted by Gasteiger charge is -2.21. The maximum absolute atomic E-state index is 12.3. The fraction of sp³-hybridized carbons (Fsp3) is 0.417. The molecule has 0 bridgehead atoms. The first-order chi connectivity index (χ1) is 9.00. The molecule has 2 heterocycles. The third-order valence-corrected chi connectivity index (χ3v) is 3.89. The van der Waals surface area contributed by atoms with E-state index in [0.29, 0.717) is 23.0 Å². The van der Waals surface area contributed by atoms with Crippen LogP contribution in [-0.2, 0) is 4.79 Å². The van der Waals surface area contributed by atoms with Crippen molar-refractivity contribution in [3.63, 3.8) is 0 Å². The molecule has 1 aromatic heterocycles. The number of carbonyl (C=O) groups is 2. The van der Waals surface area contributed by atoms with Crippen molar-refractivity contribution in [1.29, 1.82) is 0 Å². The van der Waals surface area contributed by atoms with Gasteiger partial charge in [-0.25, -0.2) is 9.78 Å². The number of rotatable bonds is 3. The molecule has 102 valence electrons. The molecule has 1 aliphatic heterocycles. The van der Waals surface area contributed by atoms with Gasteiger partial charge in [-0.15, -0.1) is 11.8 Å². The molecule has 1 unspecified atom stereocenters. The first kappa shape index (κ1) is 13.7. The van der Waals surface area contributed by atoms with Crippen LogP contribution in [-0.4, -0.2) is 58.6 Å². The number of carboxylic acids is 1. The van der Waals surface area contributed by atoms with Crippen LogP contribution in [0.4, 0.5) is 5.82 Å². The molecule has 0 saturated carbocycles. The molecule has 1 aromatic rings. The topological polar surface area (TPSA) is 73.7 Å². The lowest BCUT2D eigenvalue weighted by Crippen LogP contribution is -2.41. The van der Waals surface area contributed by atoms with Gasteiger partial charge in [0.2, 0.25) is 0 Å². The molecular weight excluding hydrogens is 266 g/mol. The summed E-state index contributed by atoms with van der Waals surface area (Å²) in [7, 11) is 3.67. The average molecular weight is 281 g/mol. The van der Waals surface area contributed by atoms with Crippen LogP contribution in [0.1, 0.15) is 10.4 Å². The van der Waals surface area contributed by atoms with Crippen LogP contribution in [0.3, 0.4) is 0 Å². The maximum atomic E-state index is 12.3. The molecule has 0 aromatic carbocycles. The Balaban J connectivity index is 2.24. The van der Waals surface area contributed by atoms with Crippen LogP contribution in [0.2, 0.25) is 0 Å². The molecule has 1 fully saturated rings. The van der Waals surface area contributed by atoms with Gasteiger partial charge >= 0.3 is 5.97 Å². The maximum Gasteiger partial charge on any atom is 0.327 e. The minimum atomic E-state index is -0.958. The van der Waals surface area contributed by atoms with Gasteiger partial charge < -0.3 is 14.9 Å². The Morgan fingerprint density at radius 3 is 2.89 bits per heavy atom. The van der Waals surface area contributed by atoms with Crippen molar-refractivity contribution in [3.05, 3.63) is 23.9 Å².